The number of pyridine rings is 1. The van der Waals surface area contributed by atoms with Gasteiger partial charge < -0.3 is 30.0 Å². The lowest BCUT2D eigenvalue weighted by atomic mass is 9.91. The van der Waals surface area contributed by atoms with Crippen LogP contribution >= 0.6 is 11.8 Å². The second-order valence-corrected chi connectivity index (χ2v) is 13.8. The molecule has 2 amide bonds. The maximum atomic E-state index is 12.9. The normalized spacial score (nSPS) is 19.0. The fourth-order valence-electron chi connectivity index (χ4n) is 6.21. The summed E-state index contributed by atoms with van der Waals surface area (Å²) in [7, 11) is 1.31. The molecule has 0 radical (unpaired) electrons. The third kappa shape index (κ3) is 9.65. The van der Waals surface area contributed by atoms with E-state index in [1.807, 2.05) is 115 Å². The summed E-state index contributed by atoms with van der Waals surface area (Å²) in [5.41, 5.74) is 6.53. The van der Waals surface area contributed by atoms with Gasteiger partial charge in [0, 0.05) is 36.4 Å². The van der Waals surface area contributed by atoms with Crippen LogP contribution in [0.1, 0.15) is 47.1 Å². The summed E-state index contributed by atoms with van der Waals surface area (Å²) >= 11 is 1.66. The molecule has 9 nitrogen and oxygen atoms in total. The van der Waals surface area contributed by atoms with E-state index in [-0.39, 0.29) is 31.3 Å². The number of nitrogens with one attached hydrogen (secondary N) is 2. The quantitative estimate of drug-likeness (QED) is 0.0852. The number of carbonyl (C=O) groups is 2. The lowest BCUT2D eigenvalue weighted by molar-refractivity contribution is -0.268. The van der Waals surface area contributed by atoms with Gasteiger partial charge in [-0.3, -0.25) is 0 Å². The monoisotopic (exact) mass is 717 g/mol. The second kappa shape index (κ2) is 18.0. The molecule has 5 atom stereocenters. The lowest BCUT2D eigenvalue weighted by Gasteiger charge is -2.41. The molecule has 2 heterocycles. The standard InChI is InChI=1S/C42H43N3O6S/c1-28-37(27-52-38-16-6-7-21-43-38)50-41(51-39(28)32-19-17-30(26-46)18-20-32)35-15-9-14-34(24-35)33-13-8-12-31(22-33)25-44-42(48)45-36(40(47)49-2)23-29-10-4-3-5-11-29/h3-22,24,28,36-37,39,41,46H,23,25-27H2,1-2H3,(H2,44,45,48)/t28-,36+,37+,39+,41+/m1/s1. The van der Waals surface area contributed by atoms with Gasteiger partial charge in [0.1, 0.15) is 6.04 Å². The van der Waals surface area contributed by atoms with E-state index in [1.54, 1.807) is 18.0 Å². The number of nitrogens with zero attached hydrogens (tertiary/aromatic N) is 1. The molecular formula is C42H43N3O6S. The molecule has 5 aromatic rings. The van der Waals surface area contributed by atoms with Crippen LogP contribution < -0.4 is 10.6 Å². The number of hydrogen-bond acceptors (Lipinski definition) is 8. The summed E-state index contributed by atoms with van der Waals surface area (Å²) < 4.78 is 18.3. The van der Waals surface area contributed by atoms with E-state index in [9.17, 15) is 14.7 Å². The highest BCUT2D eigenvalue weighted by molar-refractivity contribution is 7.99. The maximum Gasteiger partial charge on any atom is 0.328 e. The van der Waals surface area contributed by atoms with E-state index in [0.29, 0.717) is 12.2 Å². The van der Waals surface area contributed by atoms with Gasteiger partial charge in [0.25, 0.3) is 0 Å². The van der Waals surface area contributed by atoms with Gasteiger partial charge >= 0.3 is 12.0 Å². The fraction of sp³-hybridized carbons (Fsp3) is 0.262. The minimum absolute atomic E-state index is 0.0156. The third-order valence-electron chi connectivity index (χ3n) is 9.10. The first-order valence-corrected chi connectivity index (χ1v) is 18.3. The topological polar surface area (TPSA) is 119 Å². The average molecular weight is 718 g/mol. The number of ether oxygens (including phenoxy) is 3. The van der Waals surface area contributed by atoms with Crippen LogP contribution in [0.2, 0.25) is 0 Å². The molecule has 6 rings (SSSR count). The summed E-state index contributed by atoms with van der Waals surface area (Å²) in [4.78, 5) is 29.8. The number of amides is 2. The predicted octanol–water partition coefficient (Wildman–Crippen LogP) is 7.41. The maximum absolute atomic E-state index is 12.9. The van der Waals surface area contributed by atoms with E-state index in [1.165, 1.54) is 7.11 Å². The number of esters is 1. The van der Waals surface area contributed by atoms with Crippen molar-refractivity contribution in [3.05, 3.63) is 155 Å². The van der Waals surface area contributed by atoms with Gasteiger partial charge in [-0.05, 0) is 57.6 Å². The molecule has 1 aliphatic heterocycles. The highest BCUT2D eigenvalue weighted by Crippen LogP contribution is 2.43. The Hall–Kier alpha value is -5.00. The largest absolute Gasteiger partial charge is 0.467 e. The molecular weight excluding hydrogens is 675 g/mol. The molecule has 0 bridgehead atoms. The molecule has 1 aliphatic rings. The van der Waals surface area contributed by atoms with Crippen LogP contribution in [0.5, 0.6) is 0 Å². The predicted molar refractivity (Wildman–Crippen MR) is 201 cm³/mol. The van der Waals surface area contributed by atoms with Crippen LogP contribution in [0.25, 0.3) is 11.1 Å². The number of aliphatic hydroxyl groups is 1. The first-order valence-electron chi connectivity index (χ1n) is 17.3. The number of thioether (sulfide) groups is 1. The Balaban J connectivity index is 1.15. The van der Waals surface area contributed by atoms with Crippen LogP contribution in [-0.4, -0.2) is 47.1 Å². The minimum atomic E-state index is -0.818. The number of aliphatic hydroxyl groups excluding tert-OH is 1. The van der Waals surface area contributed by atoms with Crippen molar-refractivity contribution in [3.8, 4) is 11.1 Å². The fourth-order valence-corrected chi connectivity index (χ4v) is 7.24. The van der Waals surface area contributed by atoms with Crippen LogP contribution in [0.15, 0.2) is 133 Å². The third-order valence-corrected chi connectivity index (χ3v) is 10.1. The number of rotatable bonds is 13. The SMILES string of the molecule is COC(=O)[C@H](Cc1ccccc1)NC(=O)NCc1cccc(-c2cccc([C@H]3O[C@@H](CSc4ccccn4)[C@@H](C)[C@@H](c4ccc(CO)cc4)O3)c2)c1. The number of aromatic nitrogens is 1. The highest BCUT2D eigenvalue weighted by Gasteiger charge is 2.38. The van der Waals surface area contributed by atoms with Crippen molar-refractivity contribution >= 4 is 23.8 Å². The van der Waals surface area contributed by atoms with Gasteiger partial charge in [-0.15, -0.1) is 11.8 Å². The minimum Gasteiger partial charge on any atom is -0.467 e. The Morgan fingerprint density at radius 3 is 2.29 bits per heavy atom. The number of urea groups is 1. The van der Waals surface area contributed by atoms with Crippen LogP contribution in [0.4, 0.5) is 4.79 Å². The van der Waals surface area contributed by atoms with E-state index in [0.717, 1.165) is 44.0 Å². The zero-order valence-electron chi connectivity index (χ0n) is 29.2. The van der Waals surface area contributed by atoms with Crippen LogP contribution in [0, 0.1) is 5.92 Å². The highest BCUT2D eigenvalue weighted by atomic mass is 32.2. The van der Waals surface area contributed by atoms with Crippen molar-refractivity contribution in [2.75, 3.05) is 12.9 Å². The van der Waals surface area contributed by atoms with Gasteiger partial charge in [0.05, 0.1) is 31.0 Å². The van der Waals surface area contributed by atoms with Gasteiger partial charge in [-0.2, -0.15) is 0 Å². The van der Waals surface area contributed by atoms with E-state index < -0.39 is 24.3 Å². The summed E-state index contributed by atoms with van der Waals surface area (Å²) in [5.74, 6) is 0.252. The van der Waals surface area contributed by atoms with Crippen molar-refractivity contribution in [3.63, 3.8) is 0 Å². The van der Waals surface area contributed by atoms with E-state index in [2.05, 4.69) is 28.6 Å². The zero-order chi connectivity index (χ0) is 36.3. The van der Waals surface area contributed by atoms with Crippen molar-refractivity contribution in [2.45, 2.75) is 56.1 Å². The number of methoxy groups -OCH3 is 1. The lowest BCUT2D eigenvalue weighted by Crippen LogP contribution is -2.47. The zero-order valence-corrected chi connectivity index (χ0v) is 30.0. The molecule has 1 fully saturated rings. The van der Waals surface area contributed by atoms with Crippen LogP contribution in [0.3, 0.4) is 0 Å². The summed E-state index contributed by atoms with van der Waals surface area (Å²) in [5, 5.41) is 16.2. The Morgan fingerprint density at radius 2 is 1.56 bits per heavy atom. The first kappa shape index (κ1) is 36.8. The van der Waals surface area contributed by atoms with Crippen molar-refractivity contribution in [2.24, 2.45) is 5.92 Å². The van der Waals surface area contributed by atoms with Gasteiger partial charge in [0.2, 0.25) is 0 Å². The van der Waals surface area contributed by atoms with Crippen molar-refractivity contribution < 1.29 is 28.9 Å². The van der Waals surface area contributed by atoms with Gasteiger partial charge in [-0.25, -0.2) is 14.6 Å². The van der Waals surface area contributed by atoms with Crippen molar-refractivity contribution in [1.82, 2.24) is 15.6 Å². The molecule has 4 aromatic carbocycles. The summed E-state index contributed by atoms with van der Waals surface area (Å²) in [6.45, 7) is 2.40. The Bertz CT molecular complexity index is 1910. The first-order chi connectivity index (χ1) is 25.4. The van der Waals surface area contributed by atoms with Crippen molar-refractivity contribution in [1.29, 1.82) is 0 Å². The molecule has 1 saturated heterocycles. The smallest absolute Gasteiger partial charge is 0.328 e. The molecule has 0 spiro atoms. The molecule has 0 saturated carbocycles. The molecule has 1 aromatic heterocycles. The molecule has 0 aliphatic carbocycles. The number of hydrogen-bond donors (Lipinski definition) is 3. The number of carbonyl (C=O) groups excluding carboxylic acids is 2. The van der Waals surface area contributed by atoms with Gasteiger partial charge in [-0.1, -0.05) is 104 Å². The van der Waals surface area contributed by atoms with Crippen LogP contribution in [-0.2, 0) is 38.6 Å². The Kier molecular flexibility index (Phi) is 12.7. The molecule has 52 heavy (non-hydrogen) atoms. The number of benzene rings is 4. The summed E-state index contributed by atoms with van der Waals surface area (Å²) in [6.07, 6.45) is 1.16. The molecule has 268 valence electrons. The van der Waals surface area contributed by atoms with E-state index >= 15 is 0 Å². The molecule has 3 N–H and O–H groups in total. The average Bonchev–Trinajstić information content (AvgIpc) is 3.20. The molecule has 0 unspecified atom stereocenters. The molecule has 10 heteroatoms. The Morgan fingerprint density at radius 1 is 0.827 bits per heavy atom. The van der Waals surface area contributed by atoms with E-state index in [4.69, 9.17) is 14.2 Å². The van der Waals surface area contributed by atoms with Gasteiger partial charge in [0.15, 0.2) is 6.29 Å². The summed E-state index contributed by atoms with van der Waals surface area (Å²) in [6, 6.07) is 38.1. The second-order valence-electron chi connectivity index (χ2n) is 12.7. The Labute approximate surface area is 308 Å².